The third-order valence-corrected chi connectivity index (χ3v) is 3.54. The highest BCUT2D eigenvalue weighted by molar-refractivity contribution is 9.10. The van der Waals surface area contributed by atoms with Gasteiger partial charge >= 0.3 is 0 Å². The minimum Gasteiger partial charge on any atom is -0.300 e. The monoisotopic (exact) mass is 286 g/mol. The van der Waals surface area contributed by atoms with Gasteiger partial charge in [0.1, 0.15) is 5.78 Å². The highest BCUT2D eigenvalue weighted by Crippen LogP contribution is 2.32. The lowest BCUT2D eigenvalue weighted by molar-refractivity contribution is -0.118. The molecule has 0 fully saturated rings. The fourth-order valence-corrected chi connectivity index (χ4v) is 2.23. The van der Waals surface area contributed by atoms with Crippen LogP contribution in [-0.2, 0) is 4.79 Å². The Hall–Kier alpha value is -0.370. The molecule has 0 spiro atoms. The van der Waals surface area contributed by atoms with Gasteiger partial charge in [-0.2, -0.15) is 0 Å². The maximum atomic E-state index is 10.2. The molecule has 16 heavy (non-hydrogen) atoms. The van der Waals surface area contributed by atoms with Crippen molar-refractivity contribution < 1.29 is 4.79 Å². The minimum absolute atomic E-state index is 0.274. The van der Waals surface area contributed by atoms with Crippen molar-refractivity contribution >= 4 is 21.7 Å². The number of hydrogen-bond donors (Lipinski definition) is 0. The fraction of sp³-hybridized carbons (Fsp3) is 0.643. The molecule has 0 saturated heterocycles. The zero-order valence-corrected chi connectivity index (χ0v) is 12.2. The molecule has 0 radical (unpaired) electrons. The largest absolute Gasteiger partial charge is 0.300 e. The average molecular weight is 287 g/mol. The SMILES string of the molecule is CCC(=O)CC.CCCC1(Br)C=CC=CC1. The second kappa shape index (κ2) is 8.74. The molecule has 0 heterocycles. The Labute approximate surface area is 108 Å². The maximum absolute atomic E-state index is 10.2. The van der Waals surface area contributed by atoms with Crippen LogP contribution in [0.15, 0.2) is 24.3 Å². The Morgan fingerprint density at radius 3 is 2.19 bits per heavy atom. The first-order valence-corrected chi connectivity index (χ1v) is 6.92. The summed E-state index contributed by atoms with van der Waals surface area (Å²) in [5.74, 6) is 0.343. The molecule has 2 heteroatoms. The van der Waals surface area contributed by atoms with E-state index in [2.05, 4.69) is 47.2 Å². The molecule has 0 aromatic heterocycles. The average Bonchev–Trinajstić information content (AvgIpc) is 2.29. The van der Waals surface area contributed by atoms with E-state index in [1.807, 2.05) is 13.8 Å². The van der Waals surface area contributed by atoms with Crippen molar-refractivity contribution in [2.45, 2.75) is 57.2 Å². The molecule has 0 bridgehead atoms. The van der Waals surface area contributed by atoms with Crippen LogP contribution in [0.25, 0.3) is 0 Å². The van der Waals surface area contributed by atoms with E-state index in [4.69, 9.17) is 0 Å². The van der Waals surface area contributed by atoms with Crippen molar-refractivity contribution in [3.63, 3.8) is 0 Å². The number of rotatable bonds is 4. The van der Waals surface area contributed by atoms with Crippen LogP contribution in [0.4, 0.5) is 0 Å². The summed E-state index contributed by atoms with van der Waals surface area (Å²) >= 11 is 3.72. The van der Waals surface area contributed by atoms with Crippen LogP contribution in [0.3, 0.4) is 0 Å². The second-order valence-electron chi connectivity index (χ2n) is 4.02. The Balaban J connectivity index is 0.000000325. The summed E-state index contributed by atoms with van der Waals surface area (Å²) in [6.45, 7) is 5.98. The van der Waals surface area contributed by atoms with Crippen molar-refractivity contribution in [2.24, 2.45) is 0 Å². The molecule has 1 rings (SSSR count). The molecule has 0 saturated carbocycles. The van der Waals surface area contributed by atoms with E-state index >= 15 is 0 Å². The summed E-state index contributed by atoms with van der Waals surface area (Å²) in [6.07, 6.45) is 13.7. The topological polar surface area (TPSA) is 17.1 Å². The second-order valence-corrected chi connectivity index (χ2v) is 5.60. The summed E-state index contributed by atoms with van der Waals surface area (Å²) < 4.78 is 0.274. The minimum atomic E-state index is 0.274. The van der Waals surface area contributed by atoms with Gasteiger partial charge in [-0.1, -0.05) is 67.4 Å². The van der Waals surface area contributed by atoms with Gasteiger partial charge in [0.15, 0.2) is 0 Å². The van der Waals surface area contributed by atoms with Crippen LogP contribution in [0.5, 0.6) is 0 Å². The number of allylic oxidation sites excluding steroid dienone is 4. The zero-order valence-electron chi connectivity index (χ0n) is 10.6. The molecule has 0 N–H and O–H groups in total. The summed E-state index contributed by atoms with van der Waals surface area (Å²) in [4.78, 5) is 10.2. The smallest absolute Gasteiger partial charge is 0.132 e. The van der Waals surface area contributed by atoms with Gasteiger partial charge in [-0.25, -0.2) is 0 Å². The number of ketones is 1. The number of carbonyl (C=O) groups is 1. The van der Waals surface area contributed by atoms with E-state index in [0.29, 0.717) is 18.6 Å². The number of Topliss-reactive ketones (excluding diaryl/α,β-unsaturated/α-hetero) is 1. The predicted octanol–water partition coefficient (Wildman–Crippen LogP) is 4.81. The lowest BCUT2D eigenvalue weighted by Crippen LogP contribution is -2.16. The van der Waals surface area contributed by atoms with Crippen molar-refractivity contribution in [1.29, 1.82) is 0 Å². The van der Waals surface area contributed by atoms with Crippen LogP contribution >= 0.6 is 15.9 Å². The van der Waals surface area contributed by atoms with Crippen molar-refractivity contribution in [3.05, 3.63) is 24.3 Å². The van der Waals surface area contributed by atoms with Gasteiger partial charge < -0.3 is 0 Å². The third-order valence-electron chi connectivity index (χ3n) is 2.55. The normalized spacial score (nSPS) is 22.5. The van der Waals surface area contributed by atoms with Gasteiger partial charge in [-0.05, 0) is 12.8 Å². The molecule has 1 nitrogen and oxygen atoms in total. The predicted molar refractivity (Wildman–Crippen MR) is 75.1 cm³/mol. The standard InChI is InChI=1S/C9H13Br.C5H10O/c1-2-6-9(10)7-4-3-5-8-9;1-3-5(6)4-2/h3-5,7H,2,6,8H2,1H3;3-4H2,1-2H3. The van der Waals surface area contributed by atoms with E-state index < -0.39 is 0 Å². The van der Waals surface area contributed by atoms with Gasteiger partial charge in [-0.3, -0.25) is 4.79 Å². The van der Waals surface area contributed by atoms with Gasteiger partial charge in [0.2, 0.25) is 0 Å². The van der Waals surface area contributed by atoms with Crippen molar-refractivity contribution in [3.8, 4) is 0 Å². The van der Waals surface area contributed by atoms with Crippen LogP contribution in [0.2, 0.25) is 0 Å². The van der Waals surface area contributed by atoms with E-state index in [1.165, 1.54) is 12.8 Å². The molecule has 1 unspecified atom stereocenters. The molecule has 0 aromatic carbocycles. The molecule has 92 valence electrons. The summed E-state index contributed by atoms with van der Waals surface area (Å²) in [6, 6.07) is 0. The van der Waals surface area contributed by atoms with Crippen LogP contribution in [0.1, 0.15) is 52.9 Å². The Morgan fingerprint density at radius 1 is 1.25 bits per heavy atom. The summed E-state index contributed by atoms with van der Waals surface area (Å²) in [5.41, 5.74) is 0. The molecule has 0 aliphatic heterocycles. The number of carbonyl (C=O) groups excluding carboxylic acids is 1. The molecule has 1 aliphatic rings. The number of alkyl halides is 1. The van der Waals surface area contributed by atoms with Crippen LogP contribution < -0.4 is 0 Å². The van der Waals surface area contributed by atoms with Crippen molar-refractivity contribution in [1.82, 2.24) is 0 Å². The van der Waals surface area contributed by atoms with Crippen LogP contribution in [-0.4, -0.2) is 10.1 Å². The molecular weight excluding hydrogens is 264 g/mol. The van der Waals surface area contributed by atoms with Crippen molar-refractivity contribution in [2.75, 3.05) is 0 Å². The number of hydrogen-bond acceptors (Lipinski definition) is 1. The lowest BCUT2D eigenvalue weighted by atomic mass is 9.96. The molecular formula is C14H23BrO. The summed E-state index contributed by atoms with van der Waals surface area (Å²) in [7, 11) is 0. The number of halogens is 1. The molecule has 0 amide bonds. The Kier molecular flexibility index (Phi) is 8.54. The van der Waals surface area contributed by atoms with Gasteiger partial charge in [0, 0.05) is 17.2 Å². The molecule has 0 aromatic rings. The first-order valence-electron chi connectivity index (χ1n) is 6.13. The van der Waals surface area contributed by atoms with Gasteiger partial charge in [0.05, 0.1) is 0 Å². The third kappa shape index (κ3) is 7.00. The Morgan fingerprint density at radius 2 is 1.88 bits per heavy atom. The maximum Gasteiger partial charge on any atom is 0.132 e. The molecule has 1 aliphatic carbocycles. The fourth-order valence-electron chi connectivity index (χ4n) is 1.49. The zero-order chi connectivity index (χ0) is 12.4. The first kappa shape index (κ1) is 15.6. The van der Waals surface area contributed by atoms with E-state index in [9.17, 15) is 4.79 Å². The van der Waals surface area contributed by atoms with E-state index in [0.717, 1.165) is 6.42 Å². The Bertz CT molecular complexity index is 249. The lowest BCUT2D eigenvalue weighted by Gasteiger charge is -2.23. The van der Waals surface area contributed by atoms with Crippen LogP contribution in [0, 0.1) is 0 Å². The van der Waals surface area contributed by atoms with Gasteiger partial charge in [0.25, 0.3) is 0 Å². The quantitative estimate of drug-likeness (QED) is 0.678. The van der Waals surface area contributed by atoms with Gasteiger partial charge in [-0.15, -0.1) is 0 Å². The first-order chi connectivity index (χ1) is 7.58. The molecule has 1 atom stereocenters. The highest BCUT2D eigenvalue weighted by Gasteiger charge is 2.21. The summed E-state index contributed by atoms with van der Waals surface area (Å²) in [5, 5.41) is 0. The van der Waals surface area contributed by atoms with E-state index in [1.54, 1.807) is 0 Å². The van der Waals surface area contributed by atoms with E-state index in [-0.39, 0.29) is 4.32 Å². The highest BCUT2D eigenvalue weighted by atomic mass is 79.9.